The van der Waals surface area contributed by atoms with Gasteiger partial charge in [-0.25, -0.2) is 0 Å². The van der Waals surface area contributed by atoms with E-state index in [1.54, 1.807) is 12.2 Å². The lowest BCUT2D eigenvalue weighted by Gasteiger charge is -2.06. The van der Waals surface area contributed by atoms with Gasteiger partial charge >= 0.3 is 5.97 Å². The van der Waals surface area contributed by atoms with Crippen LogP contribution in [0.4, 0.5) is 0 Å². The first kappa shape index (κ1) is 16.9. The molecule has 0 saturated carbocycles. The van der Waals surface area contributed by atoms with E-state index in [4.69, 9.17) is 5.11 Å². The molecule has 4 nitrogen and oxygen atoms in total. The van der Waals surface area contributed by atoms with Gasteiger partial charge in [0.15, 0.2) is 0 Å². The zero-order chi connectivity index (χ0) is 13.8. The third kappa shape index (κ3) is 11.4. The summed E-state index contributed by atoms with van der Waals surface area (Å²) in [5.41, 5.74) is 0. The number of aliphatic hydroxyl groups is 2. The van der Waals surface area contributed by atoms with Gasteiger partial charge in [-0.2, -0.15) is 0 Å². The minimum Gasteiger partial charge on any atom is -0.481 e. The van der Waals surface area contributed by atoms with Crippen molar-refractivity contribution in [1.29, 1.82) is 0 Å². The Hall–Kier alpha value is -1.13. The van der Waals surface area contributed by atoms with Crippen molar-refractivity contribution in [3.8, 4) is 0 Å². The van der Waals surface area contributed by atoms with E-state index in [-0.39, 0.29) is 12.5 Å². The minimum absolute atomic E-state index is 0.241. The van der Waals surface area contributed by atoms with Gasteiger partial charge in [0.2, 0.25) is 0 Å². The molecule has 104 valence electrons. The number of carboxylic acids is 1. The maximum absolute atomic E-state index is 10.3. The van der Waals surface area contributed by atoms with E-state index >= 15 is 0 Å². The highest BCUT2D eigenvalue weighted by atomic mass is 16.4. The lowest BCUT2D eigenvalue weighted by molar-refractivity contribution is -0.139. The van der Waals surface area contributed by atoms with Crippen molar-refractivity contribution >= 4 is 5.97 Å². The zero-order valence-corrected chi connectivity index (χ0v) is 11.0. The monoisotopic (exact) mass is 256 g/mol. The third-order valence-electron chi connectivity index (χ3n) is 2.46. The minimum atomic E-state index is -1.00. The molecule has 0 amide bonds. The van der Waals surface area contributed by atoms with Crippen LogP contribution < -0.4 is 0 Å². The smallest absolute Gasteiger partial charge is 0.305 e. The van der Waals surface area contributed by atoms with Gasteiger partial charge in [0, 0.05) is 0 Å². The van der Waals surface area contributed by atoms with Crippen molar-refractivity contribution in [2.75, 3.05) is 0 Å². The molecule has 0 radical (unpaired) electrons. The fraction of sp³-hybridized carbons (Fsp3) is 0.643. The van der Waals surface area contributed by atoms with Gasteiger partial charge in [-0.1, -0.05) is 31.2 Å². The van der Waals surface area contributed by atoms with E-state index in [1.165, 1.54) is 0 Å². The Morgan fingerprint density at radius 1 is 1.06 bits per heavy atom. The number of aliphatic hydroxyl groups excluding tert-OH is 2. The van der Waals surface area contributed by atoms with Crippen LogP contribution in [0.5, 0.6) is 0 Å². The largest absolute Gasteiger partial charge is 0.481 e. The van der Waals surface area contributed by atoms with Crippen LogP contribution in [0.2, 0.25) is 0 Å². The molecular formula is C14H24O4. The van der Waals surface area contributed by atoms with Crippen molar-refractivity contribution < 1.29 is 20.1 Å². The average Bonchev–Trinajstić information content (AvgIpc) is 2.29. The molecule has 4 heteroatoms. The Kier molecular flexibility index (Phi) is 10.3. The highest BCUT2D eigenvalue weighted by Gasteiger charge is 2.06. The molecule has 0 spiro atoms. The molecular weight excluding hydrogens is 232 g/mol. The Balaban J connectivity index is 3.61. The van der Waals surface area contributed by atoms with Crippen LogP contribution in [-0.4, -0.2) is 33.5 Å². The Morgan fingerprint density at radius 3 is 2.22 bits per heavy atom. The second-order valence-corrected chi connectivity index (χ2v) is 4.31. The number of hydrogen-bond acceptors (Lipinski definition) is 3. The predicted molar refractivity (Wildman–Crippen MR) is 71.3 cm³/mol. The maximum Gasteiger partial charge on any atom is 0.305 e. The quantitative estimate of drug-likeness (QED) is 0.524. The molecule has 0 aliphatic carbocycles. The molecule has 18 heavy (non-hydrogen) atoms. The molecule has 0 aromatic heterocycles. The average molecular weight is 256 g/mol. The molecule has 0 aromatic carbocycles. The second-order valence-electron chi connectivity index (χ2n) is 4.31. The van der Waals surface area contributed by atoms with Crippen LogP contribution >= 0.6 is 0 Å². The summed E-state index contributed by atoms with van der Waals surface area (Å²) in [5, 5.41) is 27.3. The van der Waals surface area contributed by atoms with E-state index in [9.17, 15) is 15.0 Å². The van der Waals surface area contributed by atoms with Gasteiger partial charge in [-0.05, 0) is 32.1 Å². The predicted octanol–water partition coefficient (Wildman–Crippen LogP) is 2.27. The van der Waals surface area contributed by atoms with Crippen LogP contribution in [0.15, 0.2) is 24.3 Å². The molecule has 0 heterocycles. The highest BCUT2D eigenvalue weighted by Crippen LogP contribution is 2.05. The van der Waals surface area contributed by atoms with Crippen LogP contribution in [-0.2, 0) is 4.79 Å². The fourth-order valence-electron chi connectivity index (χ4n) is 1.48. The molecule has 0 aliphatic rings. The number of carboxylic acid groups (broad SMARTS) is 1. The van der Waals surface area contributed by atoms with Crippen LogP contribution in [0.25, 0.3) is 0 Å². The molecule has 2 unspecified atom stereocenters. The first-order chi connectivity index (χ1) is 8.56. The van der Waals surface area contributed by atoms with Crippen molar-refractivity contribution in [3.63, 3.8) is 0 Å². The second kappa shape index (κ2) is 11.0. The fourth-order valence-corrected chi connectivity index (χ4v) is 1.48. The Labute approximate surface area is 109 Å². The van der Waals surface area contributed by atoms with E-state index < -0.39 is 12.1 Å². The molecule has 0 fully saturated rings. The molecule has 0 saturated heterocycles. The summed E-state index contributed by atoms with van der Waals surface area (Å²) in [5.74, 6) is -1.00. The molecule has 0 aromatic rings. The lowest BCUT2D eigenvalue weighted by atomic mass is 10.1. The van der Waals surface area contributed by atoms with Crippen molar-refractivity contribution in [1.82, 2.24) is 0 Å². The van der Waals surface area contributed by atoms with Crippen LogP contribution in [0.3, 0.4) is 0 Å². The van der Waals surface area contributed by atoms with Crippen LogP contribution in [0, 0.1) is 0 Å². The first-order valence-corrected chi connectivity index (χ1v) is 6.44. The summed E-state index contributed by atoms with van der Waals surface area (Å²) in [4.78, 5) is 10.3. The van der Waals surface area contributed by atoms with Crippen molar-refractivity contribution in [2.45, 2.75) is 57.7 Å². The van der Waals surface area contributed by atoms with Crippen molar-refractivity contribution in [3.05, 3.63) is 24.3 Å². The maximum atomic E-state index is 10.3. The summed E-state index contributed by atoms with van der Waals surface area (Å²) in [7, 11) is 0. The molecule has 2 atom stereocenters. The molecule has 0 bridgehead atoms. The summed E-state index contributed by atoms with van der Waals surface area (Å²) >= 11 is 0. The third-order valence-corrected chi connectivity index (χ3v) is 2.46. The van der Waals surface area contributed by atoms with Gasteiger partial charge < -0.3 is 15.3 Å². The van der Waals surface area contributed by atoms with Gasteiger partial charge in [0.05, 0.1) is 18.6 Å². The van der Waals surface area contributed by atoms with Gasteiger partial charge in [0.25, 0.3) is 0 Å². The van der Waals surface area contributed by atoms with Gasteiger partial charge in [-0.15, -0.1) is 0 Å². The van der Waals surface area contributed by atoms with Crippen molar-refractivity contribution in [2.24, 2.45) is 0 Å². The lowest BCUT2D eigenvalue weighted by Crippen LogP contribution is -2.11. The van der Waals surface area contributed by atoms with E-state index in [0.717, 1.165) is 19.3 Å². The summed E-state index contributed by atoms with van der Waals surface area (Å²) < 4.78 is 0. The summed E-state index contributed by atoms with van der Waals surface area (Å²) in [6.07, 6.45) is 9.64. The topological polar surface area (TPSA) is 77.8 Å². The molecule has 0 aliphatic heterocycles. The van der Waals surface area contributed by atoms with Gasteiger partial charge in [-0.3, -0.25) is 4.79 Å². The van der Waals surface area contributed by atoms with E-state index in [2.05, 4.69) is 19.1 Å². The van der Waals surface area contributed by atoms with Gasteiger partial charge in [0.1, 0.15) is 0 Å². The first-order valence-electron chi connectivity index (χ1n) is 6.44. The summed E-state index contributed by atoms with van der Waals surface area (Å²) in [6.45, 7) is 2.07. The van der Waals surface area contributed by atoms with E-state index in [1.807, 2.05) is 0 Å². The SMILES string of the molecule is CC/C=C\CCC(O)C/C=C\CC(O)CC(=O)O. The molecule has 3 N–H and O–H groups in total. The number of allylic oxidation sites excluding steroid dienone is 2. The molecule has 0 rings (SSSR count). The number of rotatable bonds is 10. The Bertz CT molecular complexity index is 271. The van der Waals surface area contributed by atoms with Crippen LogP contribution in [0.1, 0.15) is 45.4 Å². The number of hydrogen-bond donors (Lipinski definition) is 3. The normalized spacial score (nSPS) is 15.3. The Morgan fingerprint density at radius 2 is 1.67 bits per heavy atom. The highest BCUT2D eigenvalue weighted by molar-refractivity contribution is 5.67. The number of aliphatic carboxylic acids is 1. The zero-order valence-electron chi connectivity index (χ0n) is 11.0. The standard InChI is InChI=1S/C14H24O4/c1-2-3-4-5-8-12(15)9-6-7-10-13(16)11-14(17)18/h3-4,6-7,12-13,15-16H,2,5,8-11H2,1H3,(H,17,18)/b4-3-,7-6-. The summed E-state index contributed by atoms with van der Waals surface area (Å²) in [6, 6.07) is 0. The van der Waals surface area contributed by atoms with E-state index in [0.29, 0.717) is 12.8 Å². The number of carbonyl (C=O) groups is 1.